The van der Waals surface area contributed by atoms with E-state index in [9.17, 15) is 19.2 Å². The summed E-state index contributed by atoms with van der Waals surface area (Å²) in [5.41, 5.74) is -0.00259. The van der Waals surface area contributed by atoms with E-state index in [1.165, 1.54) is 9.80 Å². The first-order valence-electron chi connectivity index (χ1n) is 10.3. The lowest BCUT2D eigenvalue weighted by Gasteiger charge is -2.38. The van der Waals surface area contributed by atoms with Crippen LogP contribution in [0.1, 0.15) is 60.8 Å². The third-order valence-electron chi connectivity index (χ3n) is 6.89. The zero-order valence-corrected chi connectivity index (χ0v) is 17.6. The summed E-state index contributed by atoms with van der Waals surface area (Å²) in [6, 6.07) is 0. The Morgan fingerprint density at radius 2 is 1.21 bits per heavy atom. The van der Waals surface area contributed by atoms with Gasteiger partial charge in [-0.25, -0.2) is 0 Å². The predicted molar refractivity (Wildman–Crippen MR) is 103 cm³/mol. The quantitative estimate of drug-likeness (QED) is 0.474. The molecule has 0 radical (unpaired) electrons. The Labute approximate surface area is 166 Å². The number of fused-ring (bicyclic) bond motifs is 4. The Morgan fingerprint density at radius 1 is 0.714 bits per heavy atom. The molecule has 0 aromatic heterocycles. The summed E-state index contributed by atoms with van der Waals surface area (Å²) in [7, 11) is 0. The monoisotopic (exact) mass is 386 g/mol. The van der Waals surface area contributed by atoms with Crippen molar-refractivity contribution in [3.63, 3.8) is 0 Å². The Hall–Kier alpha value is -1.98. The van der Waals surface area contributed by atoms with E-state index in [0.29, 0.717) is 19.3 Å². The van der Waals surface area contributed by atoms with Crippen LogP contribution in [-0.2, 0) is 19.2 Å². The van der Waals surface area contributed by atoms with Crippen LogP contribution in [0, 0.1) is 29.6 Å². The van der Waals surface area contributed by atoms with Crippen molar-refractivity contribution in [3.05, 3.63) is 11.6 Å². The molecule has 4 aliphatic rings. The number of amides is 4. The van der Waals surface area contributed by atoms with Crippen LogP contribution in [-0.4, -0.2) is 44.5 Å². The van der Waals surface area contributed by atoms with E-state index in [1.807, 2.05) is 41.5 Å². The average molecular weight is 386 g/mol. The first kappa shape index (κ1) is 19.3. The molecule has 1 saturated carbocycles. The second-order valence-electron chi connectivity index (χ2n) is 10.8. The number of imide groups is 2. The van der Waals surface area contributed by atoms with Gasteiger partial charge in [-0.2, -0.15) is 0 Å². The fourth-order valence-electron chi connectivity index (χ4n) is 5.77. The van der Waals surface area contributed by atoms with Gasteiger partial charge >= 0.3 is 0 Å². The Kier molecular flexibility index (Phi) is 3.99. The van der Waals surface area contributed by atoms with Crippen LogP contribution in [0.15, 0.2) is 11.6 Å². The first-order chi connectivity index (χ1) is 12.8. The number of carbonyl (C=O) groups is 4. The van der Waals surface area contributed by atoms with Crippen LogP contribution in [0.25, 0.3) is 0 Å². The molecular formula is C22H30N2O4. The van der Waals surface area contributed by atoms with Gasteiger partial charge in [-0.15, -0.1) is 0 Å². The van der Waals surface area contributed by atoms with Gasteiger partial charge in [0.15, 0.2) is 0 Å². The highest BCUT2D eigenvalue weighted by atomic mass is 16.2. The largest absolute Gasteiger partial charge is 0.277 e. The molecule has 28 heavy (non-hydrogen) atoms. The SMILES string of the molecule is CC(C)(C)N1C(=O)[C@H]2[C@H](CC=C3C[C@@H]4C(=O)N(C(C)(C)C)C(=O)[C@@H]4C[C@H]32)C1=O. The van der Waals surface area contributed by atoms with Gasteiger partial charge < -0.3 is 0 Å². The average Bonchev–Trinajstić information content (AvgIpc) is 2.96. The minimum atomic E-state index is -0.551. The summed E-state index contributed by atoms with van der Waals surface area (Å²) in [6.07, 6.45) is 3.64. The van der Waals surface area contributed by atoms with Gasteiger partial charge in [0.05, 0.1) is 23.7 Å². The Bertz CT molecular complexity index is 807. The van der Waals surface area contributed by atoms with Crippen LogP contribution in [0.5, 0.6) is 0 Å². The maximum absolute atomic E-state index is 13.2. The second kappa shape index (κ2) is 5.77. The summed E-state index contributed by atoms with van der Waals surface area (Å²) < 4.78 is 0. The maximum Gasteiger partial charge on any atom is 0.234 e. The Balaban J connectivity index is 1.67. The summed E-state index contributed by atoms with van der Waals surface area (Å²) in [5, 5.41) is 0. The lowest BCUT2D eigenvalue weighted by Crippen LogP contribution is -2.46. The van der Waals surface area contributed by atoms with Gasteiger partial charge in [0.25, 0.3) is 0 Å². The number of allylic oxidation sites excluding steroid dienone is 2. The standard InChI is InChI=1S/C22H30N2O4/c1-21(2,3)23-18(26)14-9-11-7-8-12-16(13(11)10-15(14)19(23)27)20(28)24(17(12)25)22(4,5)6/h7,12-16H,8-10H2,1-6H3/t12-,13+,14-,15+,16-/m0/s1. The maximum atomic E-state index is 13.2. The second-order valence-corrected chi connectivity index (χ2v) is 10.8. The van der Waals surface area contributed by atoms with E-state index in [0.717, 1.165) is 5.57 Å². The molecule has 2 saturated heterocycles. The number of rotatable bonds is 0. The smallest absolute Gasteiger partial charge is 0.234 e. The molecule has 2 aliphatic heterocycles. The molecule has 2 aliphatic carbocycles. The zero-order chi connectivity index (χ0) is 20.8. The van der Waals surface area contributed by atoms with Crippen LogP contribution in [0.3, 0.4) is 0 Å². The lowest BCUT2D eigenvalue weighted by molar-refractivity contribution is -0.147. The third kappa shape index (κ3) is 2.52. The van der Waals surface area contributed by atoms with Crippen molar-refractivity contribution >= 4 is 23.6 Å². The number of hydrogen-bond donors (Lipinski definition) is 0. The van der Waals surface area contributed by atoms with Crippen LogP contribution >= 0.6 is 0 Å². The molecule has 3 fully saturated rings. The third-order valence-corrected chi connectivity index (χ3v) is 6.89. The minimum Gasteiger partial charge on any atom is -0.277 e. The first-order valence-corrected chi connectivity index (χ1v) is 10.3. The fourth-order valence-corrected chi connectivity index (χ4v) is 5.77. The number of likely N-dealkylation sites (tertiary alicyclic amines) is 2. The van der Waals surface area contributed by atoms with Crippen molar-refractivity contribution in [1.82, 2.24) is 9.80 Å². The van der Waals surface area contributed by atoms with Crippen molar-refractivity contribution in [2.75, 3.05) is 0 Å². The predicted octanol–water partition coefficient (Wildman–Crippen LogP) is 2.53. The van der Waals surface area contributed by atoms with Crippen molar-refractivity contribution in [3.8, 4) is 0 Å². The molecule has 4 amide bonds. The Morgan fingerprint density at radius 3 is 1.79 bits per heavy atom. The van der Waals surface area contributed by atoms with Crippen molar-refractivity contribution in [1.29, 1.82) is 0 Å². The molecule has 0 N–H and O–H groups in total. The normalized spacial score (nSPS) is 35.8. The van der Waals surface area contributed by atoms with Gasteiger partial charge in [0.1, 0.15) is 0 Å². The van der Waals surface area contributed by atoms with Gasteiger partial charge in [-0.1, -0.05) is 11.6 Å². The molecule has 0 spiro atoms. The summed E-state index contributed by atoms with van der Waals surface area (Å²) in [5.74, 6) is -1.94. The van der Waals surface area contributed by atoms with Gasteiger partial charge in [0.2, 0.25) is 23.6 Å². The molecule has 0 unspecified atom stereocenters. The zero-order valence-electron chi connectivity index (χ0n) is 17.6. The van der Waals surface area contributed by atoms with E-state index >= 15 is 0 Å². The topological polar surface area (TPSA) is 74.8 Å². The molecular weight excluding hydrogens is 356 g/mol. The lowest BCUT2D eigenvalue weighted by atomic mass is 9.62. The molecule has 0 aromatic carbocycles. The highest BCUT2D eigenvalue weighted by Crippen LogP contribution is 2.53. The summed E-state index contributed by atoms with van der Waals surface area (Å²) >= 11 is 0. The van der Waals surface area contributed by atoms with Gasteiger partial charge in [-0.05, 0) is 66.7 Å². The van der Waals surface area contributed by atoms with Gasteiger partial charge in [0, 0.05) is 11.1 Å². The molecule has 5 atom stereocenters. The van der Waals surface area contributed by atoms with Crippen molar-refractivity contribution in [2.45, 2.75) is 71.9 Å². The molecule has 2 heterocycles. The minimum absolute atomic E-state index is 0.0888. The van der Waals surface area contributed by atoms with Crippen molar-refractivity contribution < 1.29 is 19.2 Å². The highest BCUT2D eigenvalue weighted by molar-refractivity contribution is 6.08. The molecule has 0 bridgehead atoms. The van der Waals surface area contributed by atoms with Crippen LogP contribution in [0.4, 0.5) is 0 Å². The molecule has 6 heteroatoms. The number of nitrogens with zero attached hydrogens (tertiary/aromatic N) is 2. The van der Waals surface area contributed by atoms with E-state index in [4.69, 9.17) is 0 Å². The molecule has 0 aromatic rings. The highest BCUT2D eigenvalue weighted by Gasteiger charge is 2.60. The molecule has 4 rings (SSSR count). The fraction of sp³-hybridized carbons (Fsp3) is 0.727. The van der Waals surface area contributed by atoms with Crippen LogP contribution < -0.4 is 0 Å². The molecule has 152 valence electrons. The number of hydrogen-bond acceptors (Lipinski definition) is 4. The molecule has 6 nitrogen and oxygen atoms in total. The van der Waals surface area contributed by atoms with E-state index < -0.39 is 11.1 Å². The van der Waals surface area contributed by atoms with Crippen molar-refractivity contribution in [2.24, 2.45) is 29.6 Å². The number of carbonyl (C=O) groups excluding carboxylic acids is 4. The summed E-state index contributed by atoms with van der Waals surface area (Å²) in [6.45, 7) is 11.3. The van der Waals surface area contributed by atoms with E-state index in [-0.39, 0.29) is 53.2 Å². The van der Waals surface area contributed by atoms with E-state index in [1.54, 1.807) is 0 Å². The van der Waals surface area contributed by atoms with Crippen LogP contribution in [0.2, 0.25) is 0 Å². The van der Waals surface area contributed by atoms with Gasteiger partial charge in [-0.3, -0.25) is 29.0 Å². The van der Waals surface area contributed by atoms with E-state index in [2.05, 4.69) is 6.08 Å². The summed E-state index contributed by atoms with van der Waals surface area (Å²) in [4.78, 5) is 55.0.